The Kier molecular flexibility index (Phi) is 8.79. The average Bonchev–Trinajstić information content (AvgIpc) is 3.67. The van der Waals surface area contributed by atoms with Crippen molar-refractivity contribution in [2.75, 3.05) is 46.0 Å². The van der Waals surface area contributed by atoms with Gasteiger partial charge in [0.1, 0.15) is 17.7 Å². The monoisotopic (exact) mass is 548 g/mol. The highest BCUT2D eigenvalue weighted by Crippen LogP contribution is 2.40. The standard InChI is InChI=1S/C27H34F2N4O4S/c1-31(26(34)20-7-11-22(29)12-8-20)25(27(35)32-14-16-33(17-15-32)38(2,36)37)4-3-13-30-24-18-23(24)19-5-9-21(28)10-6-19/h5-12,23-25,30H,3-4,13-18H2,1-2H3. The summed E-state index contributed by atoms with van der Waals surface area (Å²) in [4.78, 5) is 29.7. The van der Waals surface area contributed by atoms with Crippen LogP contribution in [-0.4, -0.2) is 92.4 Å². The lowest BCUT2D eigenvalue weighted by molar-refractivity contribution is -0.137. The number of amides is 2. The number of carbonyl (C=O) groups excluding carboxylic acids is 2. The molecule has 11 heteroatoms. The van der Waals surface area contributed by atoms with Crippen molar-refractivity contribution in [3.05, 3.63) is 71.3 Å². The second-order valence-electron chi connectivity index (χ2n) is 10.0. The van der Waals surface area contributed by atoms with Gasteiger partial charge in [-0.1, -0.05) is 12.1 Å². The number of halogens is 2. The smallest absolute Gasteiger partial charge is 0.254 e. The van der Waals surface area contributed by atoms with Crippen molar-refractivity contribution in [1.82, 2.24) is 19.4 Å². The number of hydrogen-bond donors (Lipinski definition) is 1. The van der Waals surface area contributed by atoms with Gasteiger partial charge in [0.05, 0.1) is 6.26 Å². The molecule has 2 aliphatic rings. The van der Waals surface area contributed by atoms with Crippen LogP contribution in [0.15, 0.2) is 48.5 Å². The molecule has 2 aromatic carbocycles. The zero-order valence-electron chi connectivity index (χ0n) is 21.6. The van der Waals surface area contributed by atoms with Gasteiger partial charge in [-0.15, -0.1) is 0 Å². The number of hydrogen-bond acceptors (Lipinski definition) is 5. The van der Waals surface area contributed by atoms with Crippen LogP contribution in [0, 0.1) is 11.6 Å². The van der Waals surface area contributed by atoms with E-state index in [9.17, 15) is 26.8 Å². The van der Waals surface area contributed by atoms with Gasteiger partial charge in [-0.25, -0.2) is 17.2 Å². The van der Waals surface area contributed by atoms with E-state index in [0.29, 0.717) is 25.3 Å². The molecule has 8 nitrogen and oxygen atoms in total. The molecule has 4 rings (SSSR count). The molecule has 0 bridgehead atoms. The maximum absolute atomic E-state index is 13.5. The van der Waals surface area contributed by atoms with Crippen LogP contribution in [0.3, 0.4) is 0 Å². The third-order valence-corrected chi connectivity index (χ3v) is 8.64. The highest BCUT2D eigenvalue weighted by Gasteiger charge is 2.38. The first-order valence-corrected chi connectivity index (χ1v) is 14.6. The first-order chi connectivity index (χ1) is 18.0. The number of carbonyl (C=O) groups is 2. The summed E-state index contributed by atoms with van der Waals surface area (Å²) in [6.07, 6.45) is 3.15. The topological polar surface area (TPSA) is 90.0 Å². The summed E-state index contributed by atoms with van der Waals surface area (Å²) < 4.78 is 51.6. The van der Waals surface area contributed by atoms with E-state index in [2.05, 4.69) is 5.32 Å². The molecule has 0 radical (unpaired) electrons. The zero-order valence-corrected chi connectivity index (χ0v) is 22.5. The van der Waals surface area contributed by atoms with Crippen LogP contribution in [0.1, 0.15) is 41.1 Å². The van der Waals surface area contributed by atoms with Crippen molar-refractivity contribution in [3.63, 3.8) is 0 Å². The van der Waals surface area contributed by atoms with Gasteiger partial charge in [-0.05, 0) is 67.8 Å². The molecule has 3 atom stereocenters. The Morgan fingerprint density at radius 3 is 2.16 bits per heavy atom. The van der Waals surface area contributed by atoms with Crippen LogP contribution in [0.2, 0.25) is 0 Å². The van der Waals surface area contributed by atoms with Gasteiger partial charge in [0, 0.05) is 50.7 Å². The van der Waals surface area contributed by atoms with Gasteiger partial charge < -0.3 is 15.1 Å². The highest BCUT2D eigenvalue weighted by atomic mass is 32.2. The van der Waals surface area contributed by atoms with E-state index >= 15 is 0 Å². The van der Waals surface area contributed by atoms with Crippen LogP contribution < -0.4 is 5.32 Å². The Balaban J connectivity index is 1.37. The van der Waals surface area contributed by atoms with Crippen LogP contribution in [0.25, 0.3) is 0 Å². The third kappa shape index (κ3) is 6.95. The molecule has 2 amide bonds. The van der Waals surface area contributed by atoms with Gasteiger partial charge in [0.2, 0.25) is 15.9 Å². The van der Waals surface area contributed by atoms with Crippen molar-refractivity contribution in [1.29, 1.82) is 0 Å². The van der Waals surface area contributed by atoms with E-state index in [-0.39, 0.29) is 55.4 Å². The molecular formula is C27H34F2N4O4S. The van der Waals surface area contributed by atoms with Crippen molar-refractivity contribution in [2.45, 2.75) is 37.3 Å². The number of sulfonamides is 1. The Hall–Kier alpha value is -2.89. The fourth-order valence-electron chi connectivity index (χ4n) is 4.95. The van der Waals surface area contributed by atoms with E-state index in [1.165, 1.54) is 45.6 Å². The number of nitrogens with zero attached hydrogens (tertiary/aromatic N) is 3. The quantitative estimate of drug-likeness (QED) is 0.461. The van der Waals surface area contributed by atoms with Crippen LogP contribution >= 0.6 is 0 Å². The fraction of sp³-hybridized carbons (Fsp3) is 0.481. The Morgan fingerprint density at radius 1 is 1.00 bits per heavy atom. The molecule has 2 aromatic rings. The first-order valence-electron chi connectivity index (χ1n) is 12.8. The highest BCUT2D eigenvalue weighted by molar-refractivity contribution is 7.88. The number of piperazine rings is 1. The van der Waals surface area contributed by atoms with Gasteiger partial charge >= 0.3 is 0 Å². The Morgan fingerprint density at radius 2 is 1.58 bits per heavy atom. The van der Waals surface area contributed by atoms with Gasteiger partial charge in [-0.3, -0.25) is 9.59 Å². The van der Waals surface area contributed by atoms with Gasteiger partial charge in [-0.2, -0.15) is 4.31 Å². The Bertz CT molecular complexity index is 1230. The van der Waals surface area contributed by atoms with Gasteiger partial charge in [0.25, 0.3) is 5.91 Å². The summed E-state index contributed by atoms with van der Waals surface area (Å²) in [6, 6.07) is 11.3. The predicted octanol–water partition coefficient (Wildman–Crippen LogP) is 2.44. The summed E-state index contributed by atoms with van der Waals surface area (Å²) in [5.41, 5.74) is 1.38. The van der Waals surface area contributed by atoms with E-state index in [0.717, 1.165) is 18.2 Å². The molecule has 38 heavy (non-hydrogen) atoms. The number of rotatable bonds is 10. The third-order valence-electron chi connectivity index (χ3n) is 7.33. The van der Waals surface area contributed by atoms with Crippen molar-refractivity contribution < 1.29 is 26.8 Å². The summed E-state index contributed by atoms with van der Waals surface area (Å²) in [5, 5.41) is 3.48. The maximum atomic E-state index is 13.5. The van der Waals surface area contributed by atoms with Crippen molar-refractivity contribution in [2.24, 2.45) is 0 Å². The molecule has 2 fully saturated rings. The predicted molar refractivity (Wildman–Crippen MR) is 140 cm³/mol. The molecule has 0 aromatic heterocycles. The van der Waals surface area contributed by atoms with E-state index in [4.69, 9.17) is 0 Å². The number of nitrogens with one attached hydrogen (secondary N) is 1. The average molecular weight is 549 g/mol. The molecule has 1 N–H and O–H groups in total. The van der Waals surface area contributed by atoms with Crippen LogP contribution in [0.5, 0.6) is 0 Å². The summed E-state index contributed by atoms with van der Waals surface area (Å²) in [6.45, 7) is 1.57. The lowest BCUT2D eigenvalue weighted by atomic mass is 10.1. The Labute approximate surface area is 222 Å². The lowest BCUT2D eigenvalue weighted by Gasteiger charge is -2.37. The minimum Gasteiger partial charge on any atom is -0.338 e. The molecule has 1 heterocycles. The molecule has 206 valence electrons. The number of likely N-dealkylation sites (N-methyl/N-ethyl adjacent to an activating group) is 1. The molecule has 1 saturated carbocycles. The van der Waals surface area contributed by atoms with E-state index < -0.39 is 21.9 Å². The molecule has 1 aliphatic carbocycles. The molecule has 1 aliphatic heterocycles. The second-order valence-corrected chi connectivity index (χ2v) is 12.0. The fourth-order valence-corrected chi connectivity index (χ4v) is 5.78. The van der Waals surface area contributed by atoms with Crippen molar-refractivity contribution >= 4 is 21.8 Å². The van der Waals surface area contributed by atoms with E-state index in [1.54, 1.807) is 24.1 Å². The van der Waals surface area contributed by atoms with Crippen molar-refractivity contribution in [3.8, 4) is 0 Å². The summed E-state index contributed by atoms with van der Waals surface area (Å²) in [7, 11) is -1.77. The maximum Gasteiger partial charge on any atom is 0.254 e. The zero-order chi connectivity index (χ0) is 27.4. The summed E-state index contributed by atoms with van der Waals surface area (Å²) in [5.74, 6) is -0.990. The minimum absolute atomic E-state index is 0.209. The molecule has 0 spiro atoms. The largest absolute Gasteiger partial charge is 0.338 e. The van der Waals surface area contributed by atoms with E-state index in [1.807, 2.05) is 0 Å². The summed E-state index contributed by atoms with van der Waals surface area (Å²) >= 11 is 0. The number of benzene rings is 2. The van der Waals surface area contributed by atoms with Gasteiger partial charge in [0.15, 0.2) is 0 Å². The van der Waals surface area contributed by atoms with Crippen LogP contribution in [-0.2, 0) is 14.8 Å². The van der Waals surface area contributed by atoms with Crippen LogP contribution in [0.4, 0.5) is 8.78 Å². The SMILES string of the molecule is CN(C(=O)c1ccc(F)cc1)C(CCCNC1CC1c1ccc(F)cc1)C(=O)N1CCN(S(C)(=O)=O)CC1. The lowest BCUT2D eigenvalue weighted by Crippen LogP contribution is -2.56. The first kappa shape index (κ1) is 28.1. The molecule has 3 unspecified atom stereocenters. The molecular weight excluding hydrogens is 514 g/mol. The molecule has 1 saturated heterocycles. The normalized spacial score (nSPS) is 20.7. The second kappa shape index (κ2) is 11.9. The minimum atomic E-state index is -3.34.